The maximum Gasteiger partial charge on any atom is 0.130 e. The normalized spacial score (nSPS) is 12.3. The summed E-state index contributed by atoms with van der Waals surface area (Å²) >= 11 is 0. The summed E-state index contributed by atoms with van der Waals surface area (Å²) in [5.41, 5.74) is 2.70. The highest BCUT2D eigenvalue weighted by Crippen LogP contribution is 2.20. The zero-order valence-electron chi connectivity index (χ0n) is 11.9. The minimum Gasteiger partial charge on any atom is -0.487 e. The summed E-state index contributed by atoms with van der Waals surface area (Å²) in [4.78, 5) is 4.57. The fourth-order valence-electron chi connectivity index (χ4n) is 2.21. The van der Waals surface area contributed by atoms with Crippen LogP contribution >= 0.6 is 0 Å². The first-order chi connectivity index (χ1) is 10.2. The molecular weight excluding hydrogens is 262 g/mol. The number of para-hydroxylation sites is 1. The summed E-state index contributed by atoms with van der Waals surface area (Å²) in [5.74, 6) is 0.739. The van der Waals surface area contributed by atoms with Crippen LogP contribution in [0.4, 0.5) is 0 Å². The van der Waals surface area contributed by atoms with Crippen LogP contribution in [0.15, 0.2) is 60.7 Å². The molecule has 106 valence electrons. The van der Waals surface area contributed by atoms with Crippen molar-refractivity contribution < 1.29 is 9.84 Å². The zero-order chi connectivity index (χ0) is 14.7. The molecule has 2 aromatic carbocycles. The van der Waals surface area contributed by atoms with Crippen LogP contribution < -0.4 is 4.74 Å². The average Bonchev–Trinajstić information content (AvgIpc) is 2.53. The first kappa shape index (κ1) is 13.6. The standard InChI is InChI=1S/C18H17NO2/c1-13(20)15-6-4-7-17(11-15)21-12-16-10-9-14-5-2-3-8-18(14)19-16/h2-11,13,20H,12H2,1H3/t13-/m0/s1. The van der Waals surface area contributed by atoms with Crippen LogP contribution in [0, 0.1) is 0 Å². The van der Waals surface area contributed by atoms with Gasteiger partial charge in [0.25, 0.3) is 0 Å². The Morgan fingerprint density at radius 1 is 1.05 bits per heavy atom. The molecule has 3 aromatic rings. The molecule has 3 heteroatoms. The quantitative estimate of drug-likeness (QED) is 0.788. The van der Waals surface area contributed by atoms with Gasteiger partial charge in [-0.3, -0.25) is 0 Å². The predicted molar refractivity (Wildman–Crippen MR) is 83.2 cm³/mol. The van der Waals surface area contributed by atoms with Crippen molar-refractivity contribution in [2.45, 2.75) is 19.6 Å². The molecule has 0 amide bonds. The number of nitrogens with zero attached hydrogens (tertiary/aromatic N) is 1. The number of fused-ring (bicyclic) bond motifs is 1. The van der Waals surface area contributed by atoms with Gasteiger partial charge in [0.1, 0.15) is 12.4 Å². The SMILES string of the molecule is C[C@H](O)c1cccc(OCc2ccc3ccccc3n2)c1. The van der Waals surface area contributed by atoms with E-state index in [2.05, 4.69) is 4.98 Å². The Morgan fingerprint density at radius 2 is 1.90 bits per heavy atom. The third-order valence-corrected chi connectivity index (χ3v) is 3.38. The molecule has 0 unspecified atom stereocenters. The number of ether oxygens (including phenoxy) is 1. The summed E-state index contributed by atoms with van der Waals surface area (Å²) in [5, 5.41) is 10.7. The highest BCUT2D eigenvalue weighted by atomic mass is 16.5. The molecule has 0 saturated carbocycles. The van der Waals surface area contributed by atoms with E-state index in [0.717, 1.165) is 27.9 Å². The van der Waals surface area contributed by atoms with Crippen molar-refractivity contribution >= 4 is 10.9 Å². The van der Waals surface area contributed by atoms with E-state index in [9.17, 15) is 5.11 Å². The minimum atomic E-state index is -0.493. The molecule has 21 heavy (non-hydrogen) atoms. The molecule has 0 aliphatic rings. The Morgan fingerprint density at radius 3 is 2.76 bits per heavy atom. The van der Waals surface area contributed by atoms with Gasteiger partial charge in [0, 0.05) is 5.39 Å². The summed E-state index contributed by atoms with van der Waals surface area (Å²) in [6.45, 7) is 2.15. The fourth-order valence-corrected chi connectivity index (χ4v) is 2.21. The number of hydrogen-bond acceptors (Lipinski definition) is 3. The minimum absolute atomic E-state index is 0.411. The van der Waals surface area contributed by atoms with Gasteiger partial charge in [0.2, 0.25) is 0 Å². The first-order valence-corrected chi connectivity index (χ1v) is 6.98. The Kier molecular flexibility index (Phi) is 3.84. The molecule has 0 spiro atoms. The lowest BCUT2D eigenvalue weighted by molar-refractivity contribution is 0.198. The molecule has 0 fully saturated rings. The maximum absolute atomic E-state index is 9.58. The Hall–Kier alpha value is -2.39. The van der Waals surface area contributed by atoms with Crippen molar-refractivity contribution in [2.24, 2.45) is 0 Å². The fraction of sp³-hybridized carbons (Fsp3) is 0.167. The molecule has 0 saturated heterocycles. The molecular formula is C18H17NO2. The van der Waals surface area contributed by atoms with Gasteiger partial charge < -0.3 is 9.84 Å². The highest BCUT2D eigenvalue weighted by molar-refractivity contribution is 5.78. The third kappa shape index (κ3) is 3.20. The zero-order valence-corrected chi connectivity index (χ0v) is 11.9. The molecule has 0 radical (unpaired) electrons. The van der Waals surface area contributed by atoms with E-state index in [-0.39, 0.29) is 0 Å². The lowest BCUT2D eigenvalue weighted by atomic mass is 10.1. The molecule has 1 atom stereocenters. The summed E-state index contributed by atoms with van der Waals surface area (Å²) in [6.07, 6.45) is -0.493. The monoisotopic (exact) mass is 279 g/mol. The van der Waals surface area contributed by atoms with Gasteiger partial charge in [-0.25, -0.2) is 4.98 Å². The number of aliphatic hydroxyl groups excluding tert-OH is 1. The van der Waals surface area contributed by atoms with Gasteiger partial charge in [0.15, 0.2) is 0 Å². The van der Waals surface area contributed by atoms with E-state index in [1.54, 1.807) is 6.92 Å². The predicted octanol–water partition coefficient (Wildman–Crippen LogP) is 3.87. The number of aromatic nitrogens is 1. The Labute approximate surface area is 123 Å². The summed E-state index contributed by atoms with van der Waals surface area (Å²) < 4.78 is 5.76. The largest absolute Gasteiger partial charge is 0.487 e. The smallest absolute Gasteiger partial charge is 0.130 e. The summed E-state index contributed by atoms with van der Waals surface area (Å²) in [6, 6.07) is 19.5. The van der Waals surface area contributed by atoms with Crippen molar-refractivity contribution in [3.63, 3.8) is 0 Å². The van der Waals surface area contributed by atoms with E-state index in [4.69, 9.17) is 4.74 Å². The number of rotatable bonds is 4. The van der Waals surface area contributed by atoms with E-state index >= 15 is 0 Å². The van der Waals surface area contributed by atoms with Crippen molar-refractivity contribution in [2.75, 3.05) is 0 Å². The van der Waals surface area contributed by atoms with E-state index in [0.29, 0.717) is 6.61 Å². The Balaban J connectivity index is 1.75. The number of aliphatic hydroxyl groups is 1. The topological polar surface area (TPSA) is 42.4 Å². The molecule has 1 heterocycles. The van der Waals surface area contributed by atoms with Gasteiger partial charge >= 0.3 is 0 Å². The van der Waals surface area contributed by atoms with Gasteiger partial charge in [-0.05, 0) is 36.8 Å². The van der Waals surface area contributed by atoms with Crippen LogP contribution in [0.1, 0.15) is 24.3 Å². The first-order valence-electron chi connectivity index (χ1n) is 6.98. The molecule has 3 rings (SSSR count). The molecule has 0 bridgehead atoms. The lowest BCUT2D eigenvalue weighted by Crippen LogP contribution is -1.99. The second-order valence-electron chi connectivity index (χ2n) is 5.03. The van der Waals surface area contributed by atoms with E-state index in [1.807, 2.05) is 60.7 Å². The average molecular weight is 279 g/mol. The van der Waals surface area contributed by atoms with Crippen LogP contribution in [0.2, 0.25) is 0 Å². The molecule has 0 aliphatic carbocycles. The van der Waals surface area contributed by atoms with Crippen LogP contribution in [-0.2, 0) is 6.61 Å². The van der Waals surface area contributed by atoms with E-state index in [1.165, 1.54) is 0 Å². The van der Waals surface area contributed by atoms with Crippen LogP contribution in [0.3, 0.4) is 0 Å². The van der Waals surface area contributed by atoms with Gasteiger partial charge in [-0.2, -0.15) is 0 Å². The van der Waals surface area contributed by atoms with E-state index < -0.39 is 6.10 Å². The maximum atomic E-state index is 9.58. The van der Waals surface area contributed by atoms with Crippen LogP contribution in [0.25, 0.3) is 10.9 Å². The number of benzene rings is 2. The van der Waals surface area contributed by atoms with Crippen molar-refractivity contribution in [3.8, 4) is 5.75 Å². The molecule has 1 N–H and O–H groups in total. The number of pyridine rings is 1. The number of hydrogen-bond donors (Lipinski definition) is 1. The van der Waals surface area contributed by atoms with Gasteiger partial charge in [-0.15, -0.1) is 0 Å². The molecule has 1 aromatic heterocycles. The second-order valence-corrected chi connectivity index (χ2v) is 5.03. The Bertz CT molecular complexity index is 753. The lowest BCUT2D eigenvalue weighted by Gasteiger charge is -2.09. The second kappa shape index (κ2) is 5.94. The van der Waals surface area contributed by atoms with Crippen LogP contribution in [0.5, 0.6) is 5.75 Å². The third-order valence-electron chi connectivity index (χ3n) is 3.38. The highest BCUT2D eigenvalue weighted by Gasteiger charge is 2.03. The van der Waals surface area contributed by atoms with Crippen molar-refractivity contribution in [1.82, 2.24) is 4.98 Å². The van der Waals surface area contributed by atoms with Crippen molar-refractivity contribution in [3.05, 3.63) is 71.9 Å². The van der Waals surface area contributed by atoms with Gasteiger partial charge in [-0.1, -0.05) is 36.4 Å². The molecule has 3 nitrogen and oxygen atoms in total. The molecule has 0 aliphatic heterocycles. The van der Waals surface area contributed by atoms with Crippen molar-refractivity contribution in [1.29, 1.82) is 0 Å². The van der Waals surface area contributed by atoms with Crippen LogP contribution in [-0.4, -0.2) is 10.1 Å². The summed E-state index contributed by atoms with van der Waals surface area (Å²) in [7, 11) is 0. The van der Waals surface area contributed by atoms with Gasteiger partial charge in [0.05, 0.1) is 17.3 Å².